The predicted molar refractivity (Wildman–Crippen MR) is 65.8 cm³/mol. The molecule has 1 rings (SSSR count). The molecule has 0 saturated carbocycles. The zero-order valence-corrected chi connectivity index (χ0v) is 10.9. The summed E-state index contributed by atoms with van der Waals surface area (Å²) in [4.78, 5) is 2.00. The lowest BCUT2D eigenvalue weighted by atomic mass is 10.2. The summed E-state index contributed by atoms with van der Waals surface area (Å²) in [7, 11) is -1.17. The number of rotatable bonds is 5. The molecular formula is C12H20NOSi. The van der Waals surface area contributed by atoms with E-state index in [2.05, 4.69) is 31.8 Å². The first-order valence-corrected chi connectivity index (χ1v) is 9.06. The van der Waals surface area contributed by atoms with Crippen LogP contribution in [-0.2, 0) is 11.7 Å². The van der Waals surface area contributed by atoms with Gasteiger partial charge in [-0.15, -0.1) is 0 Å². The monoisotopic (exact) mass is 222 g/mol. The Kier molecular flexibility index (Phi) is 4.51. The molecule has 0 spiro atoms. The summed E-state index contributed by atoms with van der Waals surface area (Å²) in [5, 5.41) is 11.1. The zero-order chi connectivity index (χ0) is 11.3. The summed E-state index contributed by atoms with van der Waals surface area (Å²) in [6.45, 7) is 7.57. The van der Waals surface area contributed by atoms with Crippen molar-refractivity contribution in [2.24, 2.45) is 0 Å². The molecule has 0 N–H and O–H groups in total. The van der Waals surface area contributed by atoms with Crippen molar-refractivity contribution in [2.75, 3.05) is 12.9 Å². The summed E-state index contributed by atoms with van der Waals surface area (Å²) in [5.41, 5.74) is 1.23. The van der Waals surface area contributed by atoms with E-state index < -0.39 is 8.07 Å². The Hall–Kier alpha value is -0.643. The fourth-order valence-electron chi connectivity index (χ4n) is 1.66. The predicted octanol–water partition coefficient (Wildman–Crippen LogP) is 2.75. The van der Waals surface area contributed by atoms with Gasteiger partial charge in [-0.2, -0.15) is 0 Å². The second-order valence-corrected chi connectivity index (χ2v) is 10.6. The van der Waals surface area contributed by atoms with Crippen LogP contribution in [0.4, 0.5) is 0 Å². The molecule has 1 aromatic rings. The molecule has 0 heterocycles. The quantitative estimate of drug-likeness (QED) is 0.555. The van der Waals surface area contributed by atoms with Gasteiger partial charge in [0.15, 0.2) is 0 Å². The molecule has 0 bridgehead atoms. The second-order valence-electron chi connectivity index (χ2n) is 5.16. The van der Waals surface area contributed by atoms with Crippen molar-refractivity contribution in [3.8, 4) is 0 Å². The molecule has 1 radical (unpaired) electrons. The molecule has 83 valence electrons. The maximum absolute atomic E-state index is 11.1. The Morgan fingerprint density at radius 2 is 1.73 bits per heavy atom. The van der Waals surface area contributed by atoms with Crippen LogP contribution in [0.5, 0.6) is 0 Å². The van der Waals surface area contributed by atoms with Gasteiger partial charge in [0, 0.05) is 6.54 Å². The van der Waals surface area contributed by atoms with Crippen LogP contribution in [0.25, 0.3) is 0 Å². The molecule has 0 aromatic heterocycles. The molecular weight excluding hydrogens is 202 g/mol. The molecule has 0 unspecified atom stereocenters. The molecule has 0 saturated heterocycles. The third-order valence-corrected chi connectivity index (χ3v) is 3.53. The normalized spacial score (nSPS) is 12.1. The van der Waals surface area contributed by atoms with Gasteiger partial charge in [0.25, 0.3) is 0 Å². The van der Waals surface area contributed by atoms with Crippen LogP contribution >= 0.6 is 0 Å². The standard InChI is InChI=1S/C12H20NOSi/c1-15(2,3)11-13(10-14)9-12-7-5-4-6-8-12/h4-8H,9-11H2,1-3H3. The molecule has 0 aliphatic heterocycles. The minimum absolute atomic E-state index is 0.0981. The molecule has 0 amide bonds. The van der Waals surface area contributed by atoms with Gasteiger partial charge in [-0.05, 0) is 11.7 Å². The molecule has 0 aliphatic rings. The number of hydrogen-bond acceptors (Lipinski definition) is 1. The maximum atomic E-state index is 11.1. The highest BCUT2D eigenvalue weighted by molar-refractivity contribution is 6.76. The van der Waals surface area contributed by atoms with Crippen molar-refractivity contribution in [1.82, 2.24) is 4.90 Å². The molecule has 0 aliphatic carbocycles. The van der Waals surface area contributed by atoms with E-state index in [1.54, 1.807) is 0 Å². The van der Waals surface area contributed by atoms with E-state index in [-0.39, 0.29) is 6.73 Å². The fourth-order valence-corrected chi connectivity index (χ4v) is 3.20. The zero-order valence-electron chi connectivity index (χ0n) is 9.86. The van der Waals surface area contributed by atoms with Gasteiger partial charge in [0.2, 0.25) is 0 Å². The Morgan fingerprint density at radius 1 is 1.13 bits per heavy atom. The Morgan fingerprint density at radius 3 is 2.20 bits per heavy atom. The number of nitrogens with zero attached hydrogens (tertiary/aromatic N) is 1. The topological polar surface area (TPSA) is 23.1 Å². The van der Waals surface area contributed by atoms with Crippen molar-refractivity contribution in [1.29, 1.82) is 0 Å². The first-order valence-electron chi connectivity index (χ1n) is 5.36. The van der Waals surface area contributed by atoms with E-state index in [1.807, 2.05) is 23.1 Å². The average Bonchev–Trinajstić information content (AvgIpc) is 2.16. The largest absolute Gasteiger partial charge is 0.277 e. The van der Waals surface area contributed by atoms with Gasteiger partial charge in [0.05, 0.1) is 8.07 Å². The van der Waals surface area contributed by atoms with Gasteiger partial charge in [-0.1, -0.05) is 50.0 Å². The minimum Gasteiger partial charge on any atom is -0.277 e. The summed E-state index contributed by atoms with van der Waals surface area (Å²) in [6, 6.07) is 10.2. The van der Waals surface area contributed by atoms with Crippen LogP contribution < -0.4 is 0 Å². The lowest BCUT2D eigenvalue weighted by Gasteiger charge is -2.26. The van der Waals surface area contributed by atoms with Gasteiger partial charge < -0.3 is 0 Å². The van der Waals surface area contributed by atoms with Crippen LogP contribution in [0, 0.1) is 0 Å². The van der Waals surface area contributed by atoms with Crippen LogP contribution in [0.15, 0.2) is 30.3 Å². The molecule has 3 heteroatoms. The Labute approximate surface area is 93.6 Å². The smallest absolute Gasteiger partial charge is 0.135 e. The van der Waals surface area contributed by atoms with Gasteiger partial charge in [-0.3, -0.25) is 4.90 Å². The molecule has 0 fully saturated rings. The van der Waals surface area contributed by atoms with Crippen molar-refractivity contribution in [3.05, 3.63) is 35.9 Å². The second kappa shape index (κ2) is 5.44. The van der Waals surface area contributed by atoms with E-state index in [1.165, 1.54) is 5.56 Å². The van der Waals surface area contributed by atoms with Crippen molar-refractivity contribution in [2.45, 2.75) is 26.2 Å². The molecule has 0 atom stereocenters. The summed E-state index contributed by atoms with van der Waals surface area (Å²) in [6.07, 6.45) is 0.978. The van der Waals surface area contributed by atoms with Gasteiger partial charge in [-0.25, -0.2) is 5.11 Å². The molecule has 1 aromatic carbocycles. The van der Waals surface area contributed by atoms with Crippen LogP contribution in [0.3, 0.4) is 0 Å². The summed E-state index contributed by atoms with van der Waals surface area (Å²) < 4.78 is 0. The third kappa shape index (κ3) is 5.11. The maximum Gasteiger partial charge on any atom is 0.135 e. The highest BCUT2D eigenvalue weighted by atomic mass is 28.3. The van der Waals surface area contributed by atoms with E-state index >= 15 is 0 Å². The summed E-state index contributed by atoms with van der Waals surface area (Å²) in [5.74, 6) is 0. The van der Waals surface area contributed by atoms with Crippen molar-refractivity contribution < 1.29 is 5.11 Å². The van der Waals surface area contributed by atoms with Crippen LogP contribution in [-0.4, -0.2) is 25.9 Å². The Balaban J connectivity index is 2.55. The third-order valence-electron chi connectivity index (χ3n) is 2.13. The van der Waals surface area contributed by atoms with Crippen molar-refractivity contribution in [3.63, 3.8) is 0 Å². The Bertz CT molecular complexity index is 281. The summed E-state index contributed by atoms with van der Waals surface area (Å²) >= 11 is 0. The highest BCUT2D eigenvalue weighted by Gasteiger charge is 2.18. The van der Waals surface area contributed by atoms with Crippen molar-refractivity contribution >= 4 is 8.07 Å². The van der Waals surface area contributed by atoms with E-state index in [0.29, 0.717) is 0 Å². The number of hydrogen-bond donors (Lipinski definition) is 0. The van der Waals surface area contributed by atoms with E-state index in [4.69, 9.17) is 0 Å². The number of benzene rings is 1. The van der Waals surface area contributed by atoms with E-state index in [0.717, 1.165) is 12.7 Å². The molecule has 2 nitrogen and oxygen atoms in total. The lowest BCUT2D eigenvalue weighted by molar-refractivity contribution is 0.0574. The van der Waals surface area contributed by atoms with Gasteiger partial charge >= 0.3 is 0 Å². The van der Waals surface area contributed by atoms with Crippen LogP contribution in [0.1, 0.15) is 5.56 Å². The average molecular weight is 222 g/mol. The first kappa shape index (κ1) is 12.4. The fraction of sp³-hybridized carbons (Fsp3) is 0.500. The molecule has 15 heavy (non-hydrogen) atoms. The lowest BCUT2D eigenvalue weighted by Crippen LogP contribution is -2.40. The highest BCUT2D eigenvalue weighted by Crippen LogP contribution is 2.08. The van der Waals surface area contributed by atoms with Crippen LogP contribution in [0.2, 0.25) is 19.6 Å². The minimum atomic E-state index is -1.17. The first-order chi connectivity index (χ1) is 7.01. The SMILES string of the molecule is C[Si](C)(C)CN(C[O])Cc1ccccc1. The van der Waals surface area contributed by atoms with E-state index in [9.17, 15) is 5.11 Å². The van der Waals surface area contributed by atoms with Gasteiger partial charge in [0.1, 0.15) is 6.73 Å².